The number of benzene rings is 1. The van der Waals surface area contributed by atoms with Crippen LogP contribution in [0.25, 0.3) is 0 Å². The van der Waals surface area contributed by atoms with Crippen LogP contribution in [-0.2, 0) is 15.6 Å². The van der Waals surface area contributed by atoms with Gasteiger partial charge < -0.3 is 4.74 Å². The Balaban J connectivity index is 1.62. The molecular weight excluding hydrogens is 429 g/mol. The molecule has 0 aromatic heterocycles. The van der Waals surface area contributed by atoms with E-state index in [-0.39, 0.29) is 17.6 Å². The lowest BCUT2D eigenvalue weighted by atomic mass is 9.75. The van der Waals surface area contributed by atoms with Gasteiger partial charge >= 0.3 is 12.5 Å². The summed E-state index contributed by atoms with van der Waals surface area (Å²) in [5.41, 5.74) is -1.85. The second-order valence-corrected chi connectivity index (χ2v) is 8.64. The van der Waals surface area contributed by atoms with E-state index >= 15 is 0 Å². The van der Waals surface area contributed by atoms with E-state index in [9.17, 15) is 30.7 Å². The van der Waals surface area contributed by atoms with Gasteiger partial charge in [0, 0.05) is 6.61 Å². The van der Waals surface area contributed by atoms with Crippen LogP contribution in [0, 0.1) is 23.5 Å². The Morgan fingerprint density at radius 1 is 0.935 bits per heavy atom. The maximum atomic E-state index is 14.2. The van der Waals surface area contributed by atoms with Gasteiger partial charge in [0.1, 0.15) is 17.2 Å². The third-order valence-electron chi connectivity index (χ3n) is 6.47. The minimum absolute atomic E-state index is 0.170. The highest BCUT2D eigenvalue weighted by Gasteiger charge is 2.49. The van der Waals surface area contributed by atoms with E-state index in [1.54, 1.807) is 0 Å². The first-order chi connectivity index (χ1) is 14.5. The van der Waals surface area contributed by atoms with Gasteiger partial charge in [-0.2, -0.15) is 8.78 Å². The fourth-order valence-electron chi connectivity index (χ4n) is 4.96. The molecule has 1 aromatic rings. The molecule has 0 radical (unpaired) electrons. The molecular formula is C22H27F7O2. The standard InChI is InChI=1S/C22H27F7O2/c1-2-3-13-4-9-19(30-12-13)15-7-5-14(6-8-15)16-10-17(23)20(18(24)11-16)21(25,26)31-22(27,28)29/h10-11,13-15,19H,2-9,12H2,1H3. The van der Waals surface area contributed by atoms with E-state index in [0.717, 1.165) is 45.1 Å². The van der Waals surface area contributed by atoms with Gasteiger partial charge in [-0.15, -0.1) is 13.2 Å². The molecule has 3 rings (SSSR count). The van der Waals surface area contributed by atoms with Crippen LogP contribution >= 0.6 is 0 Å². The Bertz CT molecular complexity index is 711. The van der Waals surface area contributed by atoms with Gasteiger partial charge in [0.05, 0.1) is 6.10 Å². The SMILES string of the molecule is CCCC1CCC(C2CCC(c3cc(F)c(C(F)(F)OC(F)(F)F)c(F)c3)CC2)OC1. The first kappa shape index (κ1) is 24.3. The van der Waals surface area contributed by atoms with Gasteiger partial charge in [0.15, 0.2) is 0 Å². The van der Waals surface area contributed by atoms with Crippen molar-refractivity contribution in [2.75, 3.05) is 6.61 Å². The minimum atomic E-state index is -5.74. The third-order valence-corrected chi connectivity index (χ3v) is 6.47. The number of alkyl halides is 5. The van der Waals surface area contributed by atoms with Crippen molar-refractivity contribution in [3.05, 3.63) is 34.9 Å². The molecule has 1 aliphatic carbocycles. The zero-order valence-electron chi connectivity index (χ0n) is 17.3. The molecule has 1 heterocycles. The van der Waals surface area contributed by atoms with Crippen LogP contribution in [0.3, 0.4) is 0 Å². The average Bonchev–Trinajstić information content (AvgIpc) is 2.66. The minimum Gasteiger partial charge on any atom is -0.378 e. The maximum Gasteiger partial charge on any atom is 0.527 e. The Morgan fingerprint density at radius 3 is 2.03 bits per heavy atom. The molecule has 31 heavy (non-hydrogen) atoms. The fourth-order valence-corrected chi connectivity index (χ4v) is 4.96. The van der Waals surface area contributed by atoms with E-state index in [1.807, 2.05) is 0 Å². The second-order valence-electron chi connectivity index (χ2n) is 8.64. The molecule has 2 nitrogen and oxygen atoms in total. The van der Waals surface area contributed by atoms with Crippen LogP contribution in [0.15, 0.2) is 12.1 Å². The van der Waals surface area contributed by atoms with Gasteiger partial charge in [0.2, 0.25) is 0 Å². The molecule has 2 aliphatic rings. The summed E-state index contributed by atoms with van der Waals surface area (Å²) in [4.78, 5) is 0. The van der Waals surface area contributed by atoms with Gasteiger partial charge in [-0.1, -0.05) is 13.3 Å². The summed E-state index contributed by atoms with van der Waals surface area (Å²) in [6.07, 6.45) is -3.54. The quantitative estimate of drug-likeness (QED) is 0.415. The molecule has 1 aliphatic heterocycles. The first-order valence-electron chi connectivity index (χ1n) is 10.8. The lowest BCUT2D eigenvalue weighted by molar-refractivity contribution is -0.432. The molecule has 2 fully saturated rings. The van der Waals surface area contributed by atoms with Crippen LogP contribution in [0.1, 0.15) is 75.3 Å². The predicted molar refractivity (Wildman–Crippen MR) is 99.5 cm³/mol. The molecule has 9 heteroatoms. The van der Waals surface area contributed by atoms with E-state index in [4.69, 9.17) is 4.74 Å². The molecule has 0 spiro atoms. The lowest BCUT2D eigenvalue weighted by Crippen LogP contribution is -2.34. The highest BCUT2D eigenvalue weighted by molar-refractivity contribution is 5.31. The number of hydrogen-bond donors (Lipinski definition) is 0. The van der Waals surface area contributed by atoms with Gasteiger partial charge in [-0.25, -0.2) is 13.5 Å². The smallest absolute Gasteiger partial charge is 0.378 e. The Hall–Kier alpha value is -1.35. The van der Waals surface area contributed by atoms with Crippen molar-refractivity contribution in [3.63, 3.8) is 0 Å². The number of hydrogen-bond acceptors (Lipinski definition) is 2. The van der Waals surface area contributed by atoms with Crippen molar-refractivity contribution in [1.29, 1.82) is 0 Å². The zero-order chi connectivity index (χ0) is 22.8. The summed E-state index contributed by atoms with van der Waals surface area (Å²) in [6, 6.07) is 1.40. The summed E-state index contributed by atoms with van der Waals surface area (Å²) in [6.45, 7) is 2.90. The molecule has 176 valence electrons. The normalized spacial score (nSPS) is 28.0. The van der Waals surface area contributed by atoms with Crippen molar-refractivity contribution < 1.29 is 40.2 Å². The van der Waals surface area contributed by atoms with Crippen molar-refractivity contribution in [1.82, 2.24) is 0 Å². The fraction of sp³-hybridized carbons (Fsp3) is 0.727. The van der Waals surface area contributed by atoms with Crippen molar-refractivity contribution >= 4 is 0 Å². The first-order valence-corrected chi connectivity index (χ1v) is 10.8. The lowest BCUT2D eigenvalue weighted by Gasteiger charge is -2.38. The summed E-state index contributed by atoms with van der Waals surface area (Å²) < 4.78 is 101. The van der Waals surface area contributed by atoms with Crippen molar-refractivity contribution in [2.45, 2.75) is 82.8 Å². The van der Waals surface area contributed by atoms with Gasteiger partial charge in [-0.3, -0.25) is 0 Å². The highest BCUT2D eigenvalue weighted by Crippen LogP contribution is 2.43. The largest absolute Gasteiger partial charge is 0.527 e. The number of halogens is 7. The van der Waals surface area contributed by atoms with E-state index in [2.05, 4.69) is 11.7 Å². The van der Waals surface area contributed by atoms with Gasteiger partial charge in [0.25, 0.3) is 0 Å². The third kappa shape index (κ3) is 6.12. The monoisotopic (exact) mass is 456 g/mol. The van der Waals surface area contributed by atoms with E-state index in [1.165, 1.54) is 0 Å². The van der Waals surface area contributed by atoms with Crippen LogP contribution in [-0.4, -0.2) is 19.1 Å². The average molecular weight is 456 g/mol. The van der Waals surface area contributed by atoms with Crippen LogP contribution in [0.4, 0.5) is 30.7 Å². The second kappa shape index (κ2) is 9.65. The predicted octanol–water partition coefficient (Wildman–Crippen LogP) is 7.42. The number of ether oxygens (including phenoxy) is 2. The molecule has 1 saturated carbocycles. The summed E-state index contributed by atoms with van der Waals surface area (Å²) in [5, 5.41) is 0. The molecule has 0 bridgehead atoms. The Kier molecular flexibility index (Phi) is 7.56. The molecule has 1 aromatic carbocycles. The topological polar surface area (TPSA) is 18.5 Å². The van der Waals surface area contributed by atoms with Crippen molar-refractivity contribution in [2.24, 2.45) is 11.8 Å². The van der Waals surface area contributed by atoms with Crippen LogP contribution < -0.4 is 0 Å². The molecule has 2 atom stereocenters. The molecule has 0 amide bonds. The highest BCUT2D eigenvalue weighted by atomic mass is 19.4. The van der Waals surface area contributed by atoms with E-state index in [0.29, 0.717) is 36.8 Å². The summed E-state index contributed by atoms with van der Waals surface area (Å²) in [5.74, 6) is -2.80. The Morgan fingerprint density at radius 2 is 1.55 bits per heavy atom. The summed E-state index contributed by atoms with van der Waals surface area (Å²) in [7, 11) is 0. The zero-order valence-corrected chi connectivity index (χ0v) is 17.3. The molecule has 2 unspecified atom stereocenters. The summed E-state index contributed by atoms with van der Waals surface area (Å²) >= 11 is 0. The number of rotatable bonds is 6. The molecule has 0 N–H and O–H groups in total. The van der Waals surface area contributed by atoms with Crippen molar-refractivity contribution in [3.8, 4) is 0 Å². The van der Waals surface area contributed by atoms with Crippen LogP contribution in [0.5, 0.6) is 0 Å². The van der Waals surface area contributed by atoms with Crippen LogP contribution in [0.2, 0.25) is 0 Å². The molecule has 1 saturated heterocycles. The maximum absolute atomic E-state index is 14.2. The Labute approximate surface area is 177 Å². The van der Waals surface area contributed by atoms with Gasteiger partial charge in [-0.05, 0) is 80.4 Å². The van der Waals surface area contributed by atoms with E-state index < -0.39 is 29.7 Å².